The van der Waals surface area contributed by atoms with Crippen LogP contribution in [-0.2, 0) is 9.59 Å². The number of likely N-dealkylation sites (tertiary alicyclic amines) is 1. The van der Waals surface area contributed by atoms with Gasteiger partial charge in [-0.3, -0.25) is 9.59 Å². The standard InChI is InChI=1S/C21H31N3O3.ClH/c1-2-18(23-21(26)16-8-7-11-22-14-16)17-9-3-4-10-19(17)27-15-20(25)24-12-5-6-13-24;/h3-4,9-10,16,18,22H,2,5-8,11-15H2,1H3,(H,23,26);1H. The van der Waals surface area contributed by atoms with Crippen LogP contribution in [0.1, 0.15) is 50.6 Å². The Balaban J connectivity index is 0.00000280. The summed E-state index contributed by atoms with van der Waals surface area (Å²) >= 11 is 0. The zero-order valence-electron chi connectivity index (χ0n) is 16.6. The smallest absolute Gasteiger partial charge is 0.260 e. The van der Waals surface area contributed by atoms with Crippen LogP contribution >= 0.6 is 12.4 Å². The minimum absolute atomic E-state index is 0. The fourth-order valence-corrected chi connectivity index (χ4v) is 3.86. The van der Waals surface area contributed by atoms with Crippen LogP contribution in [0.3, 0.4) is 0 Å². The molecule has 0 bridgehead atoms. The van der Waals surface area contributed by atoms with E-state index in [1.165, 1.54) is 0 Å². The molecule has 2 aliphatic rings. The van der Waals surface area contributed by atoms with Gasteiger partial charge in [0.25, 0.3) is 5.91 Å². The van der Waals surface area contributed by atoms with Crippen molar-refractivity contribution in [1.82, 2.24) is 15.5 Å². The number of ether oxygens (including phenoxy) is 1. The van der Waals surface area contributed by atoms with Gasteiger partial charge in [-0.15, -0.1) is 12.4 Å². The molecular weight excluding hydrogens is 378 g/mol. The number of piperidine rings is 1. The summed E-state index contributed by atoms with van der Waals surface area (Å²) < 4.78 is 5.87. The van der Waals surface area contributed by atoms with Crippen LogP contribution in [0.15, 0.2) is 24.3 Å². The number of rotatable bonds is 7. The topological polar surface area (TPSA) is 70.7 Å². The molecular formula is C21H32ClN3O3. The Hall–Kier alpha value is -1.79. The molecule has 1 aromatic rings. The number of carbonyl (C=O) groups is 2. The van der Waals surface area contributed by atoms with E-state index < -0.39 is 0 Å². The highest BCUT2D eigenvalue weighted by Gasteiger charge is 2.25. The first kappa shape index (κ1) is 22.5. The zero-order valence-corrected chi connectivity index (χ0v) is 17.4. The van der Waals surface area contributed by atoms with Crippen molar-refractivity contribution in [2.75, 3.05) is 32.8 Å². The number of hydrogen-bond acceptors (Lipinski definition) is 4. The van der Waals surface area contributed by atoms with E-state index >= 15 is 0 Å². The summed E-state index contributed by atoms with van der Waals surface area (Å²) in [6.07, 6.45) is 4.88. The maximum atomic E-state index is 12.6. The molecule has 2 unspecified atom stereocenters. The zero-order chi connectivity index (χ0) is 19.1. The van der Waals surface area contributed by atoms with E-state index in [0.717, 1.165) is 63.8 Å². The third kappa shape index (κ3) is 5.85. The maximum Gasteiger partial charge on any atom is 0.260 e. The van der Waals surface area contributed by atoms with Gasteiger partial charge in [0.15, 0.2) is 6.61 Å². The third-order valence-corrected chi connectivity index (χ3v) is 5.50. The number of benzene rings is 1. The number of amides is 2. The Morgan fingerprint density at radius 3 is 2.68 bits per heavy atom. The van der Waals surface area contributed by atoms with E-state index in [2.05, 4.69) is 17.6 Å². The van der Waals surface area contributed by atoms with Crippen molar-refractivity contribution in [3.63, 3.8) is 0 Å². The fourth-order valence-electron chi connectivity index (χ4n) is 3.86. The van der Waals surface area contributed by atoms with E-state index in [-0.39, 0.29) is 42.8 Å². The lowest BCUT2D eigenvalue weighted by Crippen LogP contribution is -2.41. The molecule has 1 aromatic carbocycles. The Kier molecular flexibility index (Phi) is 9.06. The number of hydrogen-bond donors (Lipinski definition) is 2. The molecule has 0 radical (unpaired) electrons. The van der Waals surface area contributed by atoms with Gasteiger partial charge in [0.2, 0.25) is 5.91 Å². The van der Waals surface area contributed by atoms with Gasteiger partial charge in [0.1, 0.15) is 5.75 Å². The average molecular weight is 410 g/mol. The summed E-state index contributed by atoms with van der Waals surface area (Å²) in [5.41, 5.74) is 0.936. The van der Waals surface area contributed by atoms with E-state index in [1.54, 1.807) is 0 Å². The van der Waals surface area contributed by atoms with Gasteiger partial charge in [-0.05, 0) is 44.7 Å². The third-order valence-electron chi connectivity index (χ3n) is 5.50. The molecule has 2 fully saturated rings. The molecule has 0 saturated carbocycles. The summed E-state index contributed by atoms with van der Waals surface area (Å²) in [4.78, 5) is 26.8. The van der Waals surface area contributed by atoms with Gasteiger partial charge in [0, 0.05) is 25.2 Å². The monoisotopic (exact) mass is 409 g/mol. The normalized spacial score (nSPS) is 20.2. The fraction of sp³-hybridized carbons (Fsp3) is 0.619. The van der Waals surface area contributed by atoms with Crippen LogP contribution in [0.2, 0.25) is 0 Å². The summed E-state index contributed by atoms with van der Waals surface area (Å²) in [6.45, 7) is 5.48. The van der Waals surface area contributed by atoms with Crippen molar-refractivity contribution >= 4 is 24.2 Å². The van der Waals surface area contributed by atoms with Gasteiger partial charge in [-0.1, -0.05) is 25.1 Å². The average Bonchev–Trinajstić information content (AvgIpc) is 3.26. The predicted molar refractivity (Wildman–Crippen MR) is 112 cm³/mol. The lowest BCUT2D eigenvalue weighted by atomic mass is 9.97. The molecule has 2 aliphatic heterocycles. The van der Waals surface area contributed by atoms with Crippen molar-refractivity contribution in [1.29, 1.82) is 0 Å². The molecule has 0 spiro atoms. The highest BCUT2D eigenvalue weighted by atomic mass is 35.5. The molecule has 2 atom stereocenters. The van der Waals surface area contributed by atoms with E-state index in [0.29, 0.717) is 5.75 Å². The Morgan fingerprint density at radius 1 is 1.25 bits per heavy atom. The van der Waals surface area contributed by atoms with Crippen LogP contribution in [0.4, 0.5) is 0 Å². The minimum Gasteiger partial charge on any atom is -0.483 e. The first-order chi connectivity index (χ1) is 13.2. The largest absolute Gasteiger partial charge is 0.483 e. The summed E-state index contributed by atoms with van der Waals surface area (Å²) in [5.74, 6) is 0.834. The molecule has 156 valence electrons. The Morgan fingerprint density at radius 2 is 2.00 bits per heavy atom. The molecule has 2 heterocycles. The van der Waals surface area contributed by atoms with E-state index in [1.807, 2.05) is 29.2 Å². The summed E-state index contributed by atoms with van der Waals surface area (Å²) in [5, 5.41) is 6.47. The molecule has 3 rings (SSSR count). The SMILES string of the molecule is CCC(NC(=O)C1CCCNC1)c1ccccc1OCC(=O)N1CCCC1.Cl. The number of nitrogens with zero attached hydrogens (tertiary/aromatic N) is 1. The second-order valence-corrected chi connectivity index (χ2v) is 7.43. The second-order valence-electron chi connectivity index (χ2n) is 7.43. The lowest BCUT2D eigenvalue weighted by Gasteiger charge is -2.26. The molecule has 2 amide bonds. The van der Waals surface area contributed by atoms with Gasteiger partial charge in [-0.25, -0.2) is 0 Å². The van der Waals surface area contributed by atoms with Crippen LogP contribution in [0, 0.1) is 5.92 Å². The number of halogens is 1. The quantitative estimate of drug-likeness (QED) is 0.726. The summed E-state index contributed by atoms with van der Waals surface area (Å²) in [6, 6.07) is 7.59. The number of para-hydroxylation sites is 1. The van der Waals surface area contributed by atoms with Crippen LogP contribution in [0.5, 0.6) is 5.75 Å². The molecule has 0 aromatic heterocycles. The molecule has 0 aliphatic carbocycles. The maximum absolute atomic E-state index is 12.6. The first-order valence-corrected chi connectivity index (χ1v) is 10.2. The van der Waals surface area contributed by atoms with Crippen molar-refractivity contribution in [3.8, 4) is 5.75 Å². The van der Waals surface area contributed by atoms with Crippen molar-refractivity contribution in [2.24, 2.45) is 5.92 Å². The highest BCUT2D eigenvalue weighted by Crippen LogP contribution is 2.28. The van der Waals surface area contributed by atoms with Gasteiger partial charge < -0.3 is 20.3 Å². The van der Waals surface area contributed by atoms with Crippen molar-refractivity contribution in [3.05, 3.63) is 29.8 Å². The van der Waals surface area contributed by atoms with E-state index in [9.17, 15) is 9.59 Å². The number of carbonyl (C=O) groups excluding carboxylic acids is 2. The van der Waals surface area contributed by atoms with Crippen molar-refractivity contribution in [2.45, 2.75) is 45.1 Å². The van der Waals surface area contributed by atoms with Crippen LogP contribution in [-0.4, -0.2) is 49.5 Å². The van der Waals surface area contributed by atoms with Crippen LogP contribution < -0.4 is 15.4 Å². The van der Waals surface area contributed by atoms with Gasteiger partial charge in [0.05, 0.1) is 12.0 Å². The van der Waals surface area contributed by atoms with Gasteiger partial charge in [-0.2, -0.15) is 0 Å². The number of nitrogens with one attached hydrogen (secondary N) is 2. The summed E-state index contributed by atoms with van der Waals surface area (Å²) in [7, 11) is 0. The van der Waals surface area contributed by atoms with Crippen molar-refractivity contribution < 1.29 is 14.3 Å². The Bertz CT molecular complexity index is 644. The molecule has 7 heteroatoms. The van der Waals surface area contributed by atoms with E-state index in [4.69, 9.17) is 4.74 Å². The van der Waals surface area contributed by atoms with Gasteiger partial charge >= 0.3 is 0 Å². The predicted octanol–water partition coefficient (Wildman–Crippen LogP) is 2.68. The molecule has 6 nitrogen and oxygen atoms in total. The Labute approximate surface area is 173 Å². The molecule has 2 saturated heterocycles. The second kappa shape index (κ2) is 11.3. The first-order valence-electron chi connectivity index (χ1n) is 10.2. The highest BCUT2D eigenvalue weighted by molar-refractivity contribution is 5.85. The molecule has 28 heavy (non-hydrogen) atoms. The van der Waals surface area contributed by atoms with Crippen LogP contribution in [0.25, 0.3) is 0 Å². The minimum atomic E-state index is -0.113. The lowest BCUT2D eigenvalue weighted by molar-refractivity contribution is -0.132. The molecule has 2 N–H and O–H groups in total.